The van der Waals surface area contributed by atoms with Gasteiger partial charge in [-0.1, -0.05) is 5.16 Å². The fourth-order valence-electron chi connectivity index (χ4n) is 2.78. The SMILES string of the molecule is Cc1noc(C)c1C[C@@H](C)N[C@@H](C)c1cnc2ccsc2c1. The minimum absolute atomic E-state index is 0.259. The van der Waals surface area contributed by atoms with E-state index in [9.17, 15) is 0 Å². The molecule has 116 valence electrons. The minimum atomic E-state index is 0.259. The van der Waals surface area contributed by atoms with Gasteiger partial charge in [0.25, 0.3) is 0 Å². The maximum absolute atomic E-state index is 5.24. The summed E-state index contributed by atoms with van der Waals surface area (Å²) in [5, 5.41) is 9.75. The predicted octanol–water partition coefficient (Wildman–Crippen LogP) is 4.18. The van der Waals surface area contributed by atoms with Crippen molar-refractivity contribution in [1.82, 2.24) is 15.5 Å². The summed E-state index contributed by atoms with van der Waals surface area (Å²) in [6, 6.07) is 4.88. The van der Waals surface area contributed by atoms with E-state index < -0.39 is 0 Å². The van der Waals surface area contributed by atoms with Crippen LogP contribution in [-0.2, 0) is 6.42 Å². The highest BCUT2D eigenvalue weighted by Crippen LogP contribution is 2.23. The molecule has 0 aliphatic rings. The minimum Gasteiger partial charge on any atom is -0.361 e. The molecular weight excluding hydrogens is 294 g/mol. The molecule has 5 heteroatoms. The van der Waals surface area contributed by atoms with E-state index in [4.69, 9.17) is 4.52 Å². The summed E-state index contributed by atoms with van der Waals surface area (Å²) < 4.78 is 6.48. The van der Waals surface area contributed by atoms with Crippen LogP contribution in [0.3, 0.4) is 0 Å². The molecule has 3 aromatic rings. The van der Waals surface area contributed by atoms with Gasteiger partial charge in [-0.15, -0.1) is 11.3 Å². The third-order valence-electron chi connectivity index (χ3n) is 4.05. The average molecular weight is 315 g/mol. The summed E-state index contributed by atoms with van der Waals surface area (Å²) in [7, 11) is 0. The fourth-order valence-corrected chi connectivity index (χ4v) is 3.57. The molecule has 4 nitrogen and oxygen atoms in total. The fraction of sp³-hybridized carbons (Fsp3) is 0.412. The zero-order chi connectivity index (χ0) is 15.7. The summed E-state index contributed by atoms with van der Waals surface area (Å²) in [6.07, 6.45) is 2.88. The number of hydrogen-bond acceptors (Lipinski definition) is 5. The van der Waals surface area contributed by atoms with Crippen molar-refractivity contribution in [2.45, 2.75) is 46.2 Å². The first-order valence-corrected chi connectivity index (χ1v) is 8.43. The predicted molar refractivity (Wildman–Crippen MR) is 90.3 cm³/mol. The molecule has 0 aromatic carbocycles. The van der Waals surface area contributed by atoms with Crippen molar-refractivity contribution in [3.05, 3.63) is 46.3 Å². The van der Waals surface area contributed by atoms with E-state index in [1.54, 1.807) is 11.3 Å². The summed E-state index contributed by atoms with van der Waals surface area (Å²) in [4.78, 5) is 4.52. The Morgan fingerprint density at radius 1 is 1.32 bits per heavy atom. The van der Waals surface area contributed by atoms with E-state index in [1.807, 2.05) is 20.0 Å². The van der Waals surface area contributed by atoms with Gasteiger partial charge in [0.1, 0.15) is 5.76 Å². The molecule has 0 fully saturated rings. The van der Waals surface area contributed by atoms with Gasteiger partial charge in [-0.05, 0) is 57.2 Å². The Morgan fingerprint density at radius 2 is 2.14 bits per heavy atom. The van der Waals surface area contributed by atoms with Gasteiger partial charge in [0.05, 0.1) is 15.9 Å². The van der Waals surface area contributed by atoms with Crippen molar-refractivity contribution in [2.24, 2.45) is 0 Å². The molecule has 1 N–H and O–H groups in total. The molecule has 0 aliphatic carbocycles. The van der Waals surface area contributed by atoms with Crippen LogP contribution < -0.4 is 5.32 Å². The van der Waals surface area contributed by atoms with Crippen molar-refractivity contribution in [3.8, 4) is 0 Å². The van der Waals surface area contributed by atoms with Gasteiger partial charge >= 0.3 is 0 Å². The quantitative estimate of drug-likeness (QED) is 0.767. The van der Waals surface area contributed by atoms with E-state index >= 15 is 0 Å². The number of pyridine rings is 1. The number of nitrogens with zero attached hydrogens (tertiary/aromatic N) is 2. The topological polar surface area (TPSA) is 51.0 Å². The van der Waals surface area contributed by atoms with Crippen LogP contribution in [0.2, 0.25) is 0 Å². The third-order valence-corrected chi connectivity index (χ3v) is 4.90. The number of rotatable bonds is 5. The first-order valence-electron chi connectivity index (χ1n) is 7.55. The molecule has 0 radical (unpaired) electrons. The van der Waals surface area contributed by atoms with Gasteiger partial charge < -0.3 is 9.84 Å². The molecule has 3 rings (SSSR count). The number of thiophene rings is 1. The summed E-state index contributed by atoms with van der Waals surface area (Å²) in [5.41, 5.74) is 4.49. The van der Waals surface area contributed by atoms with Crippen molar-refractivity contribution < 1.29 is 4.52 Å². The number of hydrogen-bond donors (Lipinski definition) is 1. The molecule has 3 heterocycles. The Kier molecular flexibility index (Phi) is 4.27. The molecule has 3 aromatic heterocycles. The Labute approximate surface area is 134 Å². The first-order chi connectivity index (χ1) is 10.5. The molecule has 22 heavy (non-hydrogen) atoms. The molecule has 0 saturated heterocycles. The van der Waals surface area contributed by atoms with E-state index in [2.05, 4.69) is 46.8 Å². The number of nitrogens with one attached hydrogen (secondary N) is 1. The zero-order valence-corrected chi connectivity index (χ0v) is 14.2. The van der Waals surface area contributed by atoms with Crippen LogP contribution in [0.15, 0.2) is 28.2 Å². The van der Waals surface area contributed by atoms with Gasteiger partial charge in [0.15, 0.2) is 0 Å². The van der Waals surface area contributed by atoms with E-state index in [0.29, 0.717) is 6.04 Å². The van der Waals surface area contributed by atoms with Crippen LogP contribution in [0.1, 0.15) is 42.5 Å². The lowest BCUT2D eigenvalue weighted by atomic mass is 10.0. The Morgan fingerprint density at radius 3 is 2.86 bits per heavy atom. The van der Waals surface area contributed by atoms with Crippen molar-refractivity contribution in [2.75, 3.05) is 0 Å². The molecular formula is C17H21N3OS. The average Bonchev–Trinajstić information content (AvgIpc) is 3.08. The van der Waals surface area contributed by atoms with Gasteiger partial charge in [0.2, 0.25) is 0 Å². The number of aromatic nitrogens is 2. The molecule has 0 saturated carbocycles. The second-order valence-corrected chi connectivity index (χ2v) is 6.82. The second-order valence-electron chi connectivity index (χ2n) is 5.87. The summed E-state index contributed by atoms with van der Waals surface area (Å²) in [6.45, 7) is 8.34. The second kappa shape index (κ2) is 6.18. The lowest BCUT2D eigenvalue weighted by Gasteiger charge is -2.20. The maximum Gasteiger partial charge on any atom is 0.137 e. The summed E-state index contributed by atoms with van der Waals surface area (Å²) >= 11 is 1.73. The lowest BCUT2D eigenvalue weighted by molar-refractivity contribution is 0.391. The highest BCUT2D eigenvalue weighted by atomic mass is 32.1. The molecule has 2 atom stereocenters. The smallest absolute Gasteiger partial charge is 0.137 e. The van der Waals surface area contributed by atoms with Gasteiger partial charge in [-0.3, -0.25) is 4.98 Å². The number of aryl methyl sites for hydroxylation is 2. The molecule has 0 spiro atoms. The Balaban J connectivity index is 1.69. The highest BCUT2D eigenvalue weighted by molar-refractivity contribution is 7.17. The monoisotopic (exact) mass is 315 g/mol. The van der Waals surface area contributed by atoms with Gasteiger partial charge in [-0.2, -0.15) is 0 Å². The van der Waals surface area contributed by atoms with Gasteiger partial charge in [-0.25, -0.2) is 0 Å². The van der Waals surface area contributed by atoms with Crippen molar-refractivity contribution >= 4 is 21.6 Å². The molecule has 0 bridgehead atoms. The zero-order valence-electron chi connectivity index (χ0n) is 13.4. The van der Waals surface area contributed by atoms with Crippen LogP contribution in [0, 0.1) is 13.8 Å². The Bertz CT molecular complexity index is 758. The van der Waals surface area contributed by atoms with E-state index in [-0.39, 0.29) is 6.04 Å². The first kappa shape index (κ1) is 15.2. The standard InChI is InChI=1S/C17H21N3OS/c1-10(7-15-12(3)20-21-13(15)4)19-11(2)14-8-17-16(18-9-14)5-6-22-17/h5-6,8-11,19H,7H2,1-4H3/t10-,11+/m1/s1. The van der Waals surface area contributed by atoms with Crippen LogP contribution >= 0.6 is 11.3 Å². The lowest BCUT2D eigenvalue weighted by Crippen LogP contribution is -2.31. The summed E-state index contributed by atoms with van der Waals surface area (Å²) in [5.74, 6) is 0.917. The highest BCUT2D eigenvalue weighted by Gasteiger charge is 2.15. The van der Waals surface area contributed by atoms with Crippen molar-refractivity contribution in [3.63, 3.8) is 0 Å². The third kappa shape index (κ3) is 3.05. The van der Waals surface area contributed by atoms with Crippen LogP contribution in [0.25, 0.3) is 10.2 Å². The maximum atomic E-state index is 5.24. The molecule has 0 unspecified atom stereocenters. The van der Waals surface area contributed by atoms with Crippen LogP contribution in [-0.4, -0.2) is 16.2 Å². The molecule has 0 aliphatic heterocycles. The molecule has 0 amide bonds. The van der Waals surface area contributed by atoms with E-state index in [0.717, 1.165) is 23.4 Å². The number of fused-ring (bicyclic) bond motifs is 1. The van der Waals surface area contributed by atoms with Gasteiger partial charge in [0, 0.05) is 23.8 Å². The normalized spacial score (nSPS) is 14.4. The van der Waals surface area contributed by atoms with Crippen LogP contribution in [0.5, 0.6) is 0 Å². The van der Waals surface area contributed by atoms with E-state index in [1.165, 1.54) is 15.8 Å². The van der Waals surface area contributed by atoms with Crippen LogP contribution in [0.4, 0.5) is 0 Å². The largest absolute Gasteiger partial charge is 0.361 e. The Hall–Kier alpha value is -1.72. The van der Waals surface area contributed by atoms with Crippen molar-refractivity contribution in [1.29, 1.82) is 0 Å².